The van der Waals surface area contributed by atoms with Gasteiger partial charge in [0, 0.05) is 11.5 Å². The standard InChI is InChI=1S/C19H14N4O7/c1-9-7-15(24)30-18-11(9)4-6-14-16(18)17(25)19(29-14)21-20-12-5-3-10(22-26)8-13(12)23(27)28-2/h3-8H,1-2H3,(H2-,20,21,22,25,26,27)/p+1. The number of furan rings is 1. The molecule has 0 aliphatic heterocycles. The summed E-state index contributed by atoms with van der Waals surface area (Å²) in [6.45, 7) is 1.76. The van der Waals surface area contributed by atoms with Crippen molar-refractivity contribution in [2.24, 2.45) is 5.18 Å². The zero-order chi connectivity index (χ0) is 21.4. The maximum Gasteiger partial charge on any atom is 0.343 e. The van der Waals surface area contributed by atoms with Gasteiger partial charge in [-0.15, -0.1) is 4.91 Å². The van der Waals surface area contributed by atoms with Gasteiger partial charge in [-0.2, -0.15) is 0 Å². The van der Waals surface area contributed by atoms with E-state index in [-0.39, 0.29) is 50.2 Å². The number of aryl methyl sites for hydroxylation is 1. The van der Waals surface area contributed by atoms with Crippen molar-refractivity contribution in [2.45, 2.75) is 6.92 Å². The highest BCUT2D eigenvalue weighted by Crippen LogP contribution is 2.41. The number of aromatic hydroxyl groups is 1. The first-order chi connectivity index (χ1) is 14.4. The van der Waals surface area contributed by atoms with Gasteiger partial charge in [0.1, 0.15) is 22.3 Å². The van der Waals surface area contributed by atoms with E-state index in [4.69, 9.17) is 8.83 Å². The Balaban J connectivity index is 1.75. The zero-order valence-corrected chi connectivity index (χ0v) is 15.8. The molecule has 152 valence electrons. The molecule has 0 saturated heterocycles. The van der Waals surface area contributed by atoms with Crippen molar-refractivity contribution in [1.29, 1.82) is 0 Å². The molecular formula is C19H15N4O7+. The van der Waals surface area contributed by atoms with Gasteiger partial charge in [0.05, 0.1) is 11.0 Å². The van der Waals surface area contributed by atoms with Crippen LogP contribution < -0.4 is 16.5 Å². The van der Waals surface area contributed by atoms with E-state index in [0.717, 1.165) is 7.11 Å². The Labute approximate surface area is 167 Å². The van der Waals surface area contributed by atoms with Gasteiger partial charge in [0.15, 0.2) is 18.4 Å². The third-order valence-corrected chi connectivity index (χ3v) is 4.51. The Morgan fingerprint density at radius 3 is 2.67 bits per heavy atom. The maximum atomic E-state index is 11.9. The van der Waals surface area contributed by atoms with Gasteiger partial charge in [-0.1, -0.05) is 0 Å². The molecule has 2 aromatic heterocycles. The first-order valence-electron chi connectivity index (χ1n) is 8.62. The highest BCUT2D eigenvalue weighted by atomic mass is 16.8. The SMILES string of the molecule is CO[N+](=O)c1cc(N=O)ccc1NNc1oc2ccc3c(C)cc(=O)oc3c2c1O. The van der Waals surface area contributed by atoms with Crippen molar-refractivity contribution in [3.8, 4) is 5.75 Å². The molecule has 2 aromatic carbocycles. The lowest BCUT2D eigenvalue weighted by Gasteiger charge is -2.07. The molecule has 0 aliphatic carbocycles. The minimum Gasteiger partial charge on any atom is -0.502 e. The lowest BCUT2D eigenvalue weighted by atomic mass is 10.1. The lowest BCUT2D eigenvalue weighted by Crippen LogP contribution is -2.11. The summed E-state index contributed by atoms with van der Waals surface area (Å²) in [5.41, 5.74) is 6.18. The summed E-state index contributed by atoms with van der Waals surface area (Å²) in [7, 11) is 1.16. The van der Waals surface area contributed by atoms with Crippen LogP contribution in [0.25, 0.3) is 21.9 Å². The number of benzene rings is 2. The molecule has 3 N–H and O–H groups in total. The predicted molar refractivity (Wildman–Crippen MR) is 108 cm³/mol. The average molecular weight is 411 g/mol. The van der Waals surface area contributed by atoms with Gasteiger partial charge in [0.25, 0.3) is 10.8 Å². The van der Waals surface area contributed by atoms with Crippen LogP contribution >= 0.6 is 0 Å². The molecule has 0 saturated carbocycles. The average Bonchev–Trinajstić information content (AvgIpc) is 3.07. The van der Waals surface area contributed by atoms with E-state index in [9.17, 15) is 19.7 Å². The van der Waals surface area contributed by atoms with Crippen LogP contribution in [0.5, 0.6) is 5.75 Å². The molecule has 0 radical (unpaired) electrons. The molecule has 0 bridgehead atoms. The van der Waals surface area contributed by atoms with Gasteiger partial charge < -0.3 is 13.9 Å². The molecule has 0 fully saturated rings. The molecule has 0 amide bonds. The van der Waals surface area contributed by atoms with E-state index < -0.39 is 5.63 Å². The van der Waals surface area contributed by atoms with E-state index in [1.54, 1.807) is 19.1 Å². The topological polar surface area (TPSA) is 146 Å². The zero-order valence-electron chi connectivity index (χ0n) is 15.8. The Morgan fingerprint density at radius 2 is 1.93 bits per heavy atom. The molecule has 0 aliphatic rings. The van der Waals surface area contributed by atoms with Crippen molar-refractivity contribution < 1.29 is 23.7 Å². The fourth-order valence-corrected chi connectivity index (χ4v) is 3.09. The van der Waals surface area contributed by atoms with Crippen LogP contribution in [0, 0.1) is 16.7 Å². The van der Waals surface area contributed by atoms with Crippen LogP contribution in [0.1, 0.15) is 5.56 Å². The molecule has 30 heavy (non-hydrogen) atoms. The molecule has 0 atom stereocenters. The number of anilines is 2. The molecule has 4 rings (SSSR count). The highest BCUT2D eigenvalue weighted by Gasteiger charge is 2.24. The van der Waals surface area contributed by atoms with Gasteiger partial charge in [-0.05, 0) is 41.9 Å². The first-order valence-corrected chi connectivity index (χ1v) is 8.62. The molecule has 4 aromatic rings. The fourth-order valence-electron chi connectivity index (χ4n) is 3.09. The van der Waals surface area contributed by atoms with Crippen molar-refractivity contribution in [2.75, 3.05) is 18.0 Å². The Morgan fingerprint density at radius 1 is 1.13 bits per heavy atom. The normalized spacial score (nSPS) is 10.9. The molecule has 0 unspecified atom stereocenters. The van der Waals surface area contributed by atoms with Crippen LogP contribution in [0.15, 0.2) is 55.2 Å². The van der Waals surface area contributed by atoms with Gasteiger partial charge in [-0.25, -0.2) is 9.63 Å². The number of hydrogen-bond acceptors (Lipinski definition) is 10. The van der Waals surface area contributed by atoms with Gasteiger partial charge in [0.2, 0.25) is 0 Å². The minimum absolute atomic E-state index is 0.0249. The summed E-state index contributed by atoms with van der Waals surface area (Å²) in [5.74, 6) is -0.379. The second-order valence-corrected chi connectivity index (χ2v) is 6.33. The second kappa shape index (κ2) is 7.20. The highest BCUT2D eigenvalue weighted by molar-refractivity contribution is 6.08. The van der Waals surface area contributed by atoms with E-state index in [2.05, 4.69) is 20.9 Å². The van der Waals surface area contributed by atoms with E-state index in [1.807, 2.05) is 0 Å². The Bertz CT molecular complexity index is 1370. The maximum absolute atomic E-state index is 11.9. The van der Waals surface area contributed by atoms with Crippen LogP contribution in [-0.4, -0.2) is 17.1 Å². The van der Waals surface area contributed by atoms with Crippen LogP contribution in [0.3, 0.4) is 0 Å². The number of rotatable bonds is 6. The number of nitrogens with zero attached hydrogens (tertiary/aromatic N) is 2. The largest absolute Gasteiger partial charge is 0.502 e. The summed E-state index contributed by atoms with van der Waals surface area (Å²) in [5, 5.41) is 14.3. The van der Waals surface area contributed by atoms with Crippen molar-refractivity contribution in [1.82, 2.24) is 0 Å². The number of fused-ring (bicyclic) bond motifs is 3. The number of hydrazine groups is 1. The predicted octanol–water partition coefficient (Wildman–Crippen LogP) is 4.36. The van der Waals surface area contributed by atoms with E-state index in [0.29, 0.717) is 10.9 Å². The monoisotopic (exact) mass is 411 g/mol. The van der Waals surface area contributed by atoms with Crippen molar-refractivity contribution in [3.05, 3.63) is 62.2 Å². The second-order valence-electron chi connectivity index (χ2n) is 6.33. The number of hydrogen-bond donors (Lipinski definition) is 3. The van der Waals surface area contributed by atoms with E-state index in [1.165, 1.54) is 24.3 Å². The van der Waals surface area contributed by atoms with Crippen molar-refractivity contribution >= 4 is 44.9 Å². The Kier molecular flexibility index (Phi) is 4.54. The van der Waals surface area contributed by atoms with Gasteiger partial charge in [-0.3, -0.25) is 10.9 Å². The summed E-state index contributed by atoms with van der Waals surface area (Å²) < 4.78 is 10.9. The Hall–Kier alpha value is -4.41. The third kappa shape index (κ3) is 3.07. The quantitative estimate of drug-likeness (QED) is 0.239. The molecular weight excluding hydrogens is 396 g/mol. The van der Waals surface area contributed by atoms with Crippen LogP contribution in [-0.2, 0) is 4.84 Å². The summed E-state index contributed by atoms with van der Waals surface area (Å²) in [6, 6.07) is 8.73. The molecule has 0 spiro atoms. The minimum atomic E-state index is -0.552. The summed E-state index contributed by atoms with van der Waals surface area (Å²) in [6.07, 6.45) is 0. The van der Waals surface area contributed by atoms with Crippen molar-refractivity contribution in [3.63, 3.8) is 0 Å². The summed E-state index contributed by atoms with van der Waals surface area (Å²) >= 11 is 0. The third-order valence-electron chi connectivity index (χ3n) is 4.51. The smallest absolute Gasteiger partial charge is 0.343 e. The van der Waals surface area contributed by atoms with Crippen LogP contribution in [0.4, 0.5) is 22.9 Å². The van der Waals surface area contributed by atoms with E-state index >= 15 is 0 Å². The lowest BCUT2D eigenvalue weighted by molar-refractivity contribution is -0.736. The molecule has 11 nitrogen and oxygen atoms in total. The molecule has 11 heteroatoms. The number of nitrogens with one attached hydrogen (secondary N) is 2. The summed E-state index contributed by atoms with van der Waals surface area (Å²) in [4.78, 5) is 39.2. The fraction of sp³-hybridized carbons (Fsp3) is 0.105. The van der Waals surface area contributed by atoms with Crippen LogP contribution in [0.2, 0.25) is 0 Å². The first kappa shape index (κ1) is 18.9. The number of nitroso groups, excluding NO2 is 1. The molecule has 2 heterocycles. The van der Waals surface area contributed by atoms with Gasteiger partial charge >= 0.3 is 11.3 Å².